The van der Waals surface area contributed by atoms with Crippen LogP contribution in [0.3, 0.4) is 0 Å². The number of rotatable bonds is 5. The molecule has 1 fully saturated rings. The second-order valence-corrected chi connectivity index (χ2v) is 8.75. The molecule has 4 aromatic rings. The fourth-order valence-electron chi connectivity index (χ4n) is 4.06. The second-order valence-electron chi connectivity index (χ2n) is 7.89. The Morgan fingerprint density at radius 3 is 3.00 bits per heavy atom. The summed E-state index contributed by atoms with van der Waals surface area (Å²) in [6.07, 6.45) is 1.98. The highest BCUT2D eigenvalue weighted by molar-refractivity contribution is 7.13. The molecule has 1 aliphatic rings. The molecule has 8 heteroatoms. The Morgan fingerprint density at radius 2 is 2.16 bits per heavy atom. The van der Waals surface area contributed by atoms with Gasteiger partial charge in [0.25, 0.3) is 0 Å². The maximum absolute atomic E-state index is 13.8. The lowest BCUT2D eigenvalue weighted by Crippen LogP contribution is -2.38. The molecule has 5 rings (SSSR count). The van der Waals surface area contributed by atoms with Gasteiger partial charge in [-0.25, -0.2) is 14.4 Å². The van der Waals surface area contributed by atoms with Gasteiger partial charge >= 0.3 is 0 Å². The second kappa shape index (κ2) is 8.37. The van der Waals surface area contributed by atoms with E-state index in [1.54, 1.807) is 17.4 Å². The molecule has 1 saturated heterocycles. The quantitative estimate of drug-likeness (QED) is 0.486. The van der Waals surface area contributed by atoms with Crippen LogP contribution in [0.1, 0.15) is 23.1 Å². The predicted molar refractivity (Wildman–Crippen MR) is 121 cm³/mol. The minimum absolute atomic E-state index is 0.111. The van der Waals surface area contributed by atoms with Gasteiger partial charge in [-0.05, 0) is 42.8 Å². The molecule has 1 aliphatic heterocycles. The van der Waals surface area contributed by atoms with Gasteiger partial charge in [0.05, 0.1) is 18.0 Å². The van der Waals surface area contributed by atoms with Gasteiger partial charge in [0, 0.05) is 49.2 Å². The molecule has 1 aromatic carbocycles. The van der Waals surface area contributed by atoms with Crippen LogP contribution in [-0.4, -0.2) is 39.1 Å². The summed E-state index contributed by atoms with van der Waals surface area (Å²) in [4.78, 5) is 11.5. The first-order valence-electron chi connectivity index (χ1n) is 10.3. The van der Waals surface area contributed by atoms with Crippen LogP contribution < -0.4 is 5.32 Å². The Morgan fingerprint density at radius 1 is 1.26 bits per heavy atom. The zero-order valence-corrected chi connectivity index (χ0v) is 18.3. The molecule has 31 heavy (non-hydrogen) atoms. The first-order chi connectivity index (χ1) is 15.0. The Labute approximate surface area is 184 Å². The number of thiazole rings is 1. The first-order valence-corrected chi connectivity index (χ1v) is 11.2. The van der Waals surface area contributed by atoms with E-state index >= 15 is 0 Å². The van der Waals surface area contributed by atoms with E-state index in [1.807, 2.05) is 43.6 Å². The van der Waals surface area contributed by atoms with Crippen LogP contribution in [0.5, 0.6) is 0 Å². The fraction of sp³-hybridized carbons (Fsp3) is 0.304. The SMILES string of the molecule is Cc1csc(Nc2cccc(C3CN(Cc4cn(C)c5ccc(F)cc45)CCO3)n2)n1. The Kier molecular flexibility index (Phi) is 5.43. The lowest BCUT2D eigenvalue weighted by atomic mass is 10.1. The Hall–Kier alpha value is -2.81. The van der Waals surface area contributed by atoms with Crippen molar-refractivity contribution in [1.82, 2.24) is 19.4 Å². The first kappa shape index (κ1) is 20.1. The van der Waals surface area contributed by atoms with Crippen molar-refractivity contribution in [3.63, 3.8) is 0 Å². The van der Waals surface area contributed by atoms with Crippen molar-refractivity contribution in [2.45, 2.75) is 19.6 Å². The van der Waals surface area contributed by atoms with Gasteiger partial charge in [0.2, 0.25) is 0 Å². The van der Waals surface area contributed by atoms with Crippen molar-refractivity contribution in [2.24, 2.45) is 7.05 Å². The Balaban J connectivity index is 1.32. The highest BCUT2D eigenvalue weighted by Crippen LogP contribution is 2.27. The van der Waals surface area contributed by atoms with Crippen LogP contribution in [0.15, 0.2) is 48.0 Å². The molecule has 1 atom stereocenters. The molecule has 0 saturated carbocycles. The molecule has 1 N–H and O–H groups in total. The molecule has 0 aliphatic carbocycles. The number of morpholine rings is 1. The van der Waals surface area contributed by atoms with Crippen LogP contribution in [-0.2, 0) is 18.3 Å². The van der Waals surface area contributed by atoms with Gasteiger partial charge < -0.3 is 14.6 Å². The molecule has 3 aromatic heterocycles. The summed E-state index contributed by atoms with van der Waals surface area (Å²) in [6, 6.07) is 10.9. The molecule has 160 valence electrons. The van der Waals surface area contributed by atoms with Gasteiger partial charge in [-0.2, -0.15) is 0 Å². The average Bonchev–Trinajstić information content (AvgIpc) is 3.31. The fourth-order valence-corrected chi connectivity index (χ4v) is 4.75. The topological polar surface area (TPSA) is 55.2 Å². The lowest BCUT2D eigenvalue weighted by molar-refractivity contribution is -0.0348. The number of nitrogens with zero attached hydrogens (tertiary/aromatic N) is 4. The number of ether oxygens (including phenoxy) is 1. The monoisotopic (exact) mass is 437 g/mol. The third-order valence-corrected chi connectivity index (χ3v) is 6.41. The van der Waals surface area contributed by atoms with E-state index in [2.05, 4.69) is 26.0 Å². The van der Waals surface area contributed by atoms with Crippen LogP contribution in [0.4, 0.5) is 15.3 Å². The van der Waals surface area contributed by atoms with E-state index in [-0.39, 0.29) is 11.9 Å². The molecule has 0 spiro atoms. The van der Waals surface area contributed by atoms with Crippen molar-refractivity contribution in [3.8, 4) is 0 Å². The molecule has 0 radical (unpaired) electrons. The van der Waals surface area contributed by atoms with Gasteiger partial charge in [0.1, 0.15) is 17.7 Å². The van der Waals surface area contributed by atoms with E-state index in [0.29, 0.717) is 6.61 Å². The highest BCUT2D eigenvalue weighted by atomic mass is 32.1. The number of halogens is 1. The summed E-state index contributed by atoms with van der Waals surface area (Å²) in [6.45, 7) is 4.92. The van der Waals surface area contributed by atoms with Crippen molar-refractivity contribution < 1.29 is 9.13 Å². The molecular formula is C23H24FN5OS. The third-order valence-electron chi connectivity index (χ3n) is 5.53. The third kappa shape index (κ3) is 4.32. The zero-order chi connectivity index (χ0) is 21.4. The normalized spacial score (nSPS) is 17.3. The summed E-state index contributed by atoms with van der Waals surface area (Å²) in [5, 5.41) is 7.08. The number of hydrogen-bond acceptors (Lipinski definition) is 6. The van der Waals surface area contributed by atoms with Crippen LogP contribution in [0.25, 0.3) is 10.9 Å². The molecule has 1 unspecified atom stereocenters. The number of aromatic nitrogens is 3. The highest BCUT2D eigenvalue weighted by Gasteiger charge is 2.24. The van der Waals surface area contributed by atoms with Crippen LogP contribution in [0.2, 0.25) is 0 Å². The van der Waals surface area contributed by atoms with E-state index in [1.165, 1.54) is 6.07 Å². The summed E-state index contributed by atoms with van der Waals surface area (Å²) in [7, 11) is 2.00. The number of pyridine rings is 1. The van der Waals surface area contributed by atoms with Gasteiger partial charge in [0.15, 0.2) is 5.13 Å². The lowest BCUT2D eigenvalue weighted by Gasteiger charge is -2.32. The Bertz CT molecular complexity index is 1220. The van der Waals surface area contributed by atoms with Gasteiger partial charge in [-0.1, -0.05) is 6.07 Å². The van der Waals surface area contributed by atoms with Gasteiger partial charge in [-0.15, -0.1) is 11.3 Å². The van der Waals surface area contributed by atoms with Crippen molar-refractivity contribution in [3.05, 3.63) is 70.7 Å². The number of anilines is 2. The largest absolute Gasteiger partial charge is 0.369 e. The maximum atomic E-state index is 13.8. The van der Waals surface area contributed by atoms with Crippen LogP contribution >= 0.6 is 11.3 Å². The van der Waals surface area contributed by atoms with Crippen molar-refractivity contribution in [2.75, 3.05) is 25.0 Å². The average molecular weight is 438 g/mol. The standard InChI is InChI=1S/C23H24FN5OS/c1-15-14-31-23(25-15)27-22-5-3-4-19(26-22)21-13-29(8-9-30-21)12-16-11-28(2)20-7-6-17(24)10-18(16)20/h3-7,10-11,14,21H,8-9,12-13H2,1-2H3,(H,25,26,27). The maximum Gasteiger partial charge on any atom is 0.188 e. The zero-order valence-electron chi connectivity index (χ0n) is 17.5. The number of benzene rings is 1. The molecule has 0 bridgehead atoms. The van der Waals surface area contributed by atoms with Gasteiger partial charge in [-0.3, -0.25) is 4.90 Å². The van der Waals surface area contributed by atoms with Crippen LogP contribution in [0, 0.1) is 12.7 Å². The molecular weight excluding hydrogens is 413 g/mol. The number of hydrogen-bond donors (Lipinski definition) is 1. The predicted octanol–water partition coefficient (Wildman–Crippen LogP) is 4.79. The summed E-state index contributed by atoms with van der Waals surface area (Å²) >= 11 is 1.56. The number of aryl methyl sites for hydroxylation is 2. The van der Waals surface area contributed by atoms with E-state index in [0.717, 1.165) is 58.4 Å². The van der Waals surface area contributed by atoms with E-state index < -0.39 is 0 Å². The minimum atomic E-state index is -0.205. The van der Waals surface area contributed by atoms with E-state index in [4.69, 9.17) is 9.72 Å². The number of nitrogens with one attached hydrogen (secondary N) is 1. The van der Waals surface area contributed by atoms with E-state index in [9.17, 15) is 4.39 Å². The number of fused-ring (bicyclic) bond motifs is 1. The van der Waals surface area contributed by atoms with Crippen molar-refractivity contribution >= 4 is 33.2 Å². The minimum Gasteiger partial charge on any atom is -0.369 e. The summed E-state index contributed by atoms with van der Waals surface area (Å²) in [5.74, 6) is 0.556. The smallest absolute Gasteiger partial charge is 0.188 e. The molecule has 6 nitrogen and oxygen atoms in total. The summed E-state index contributed by atoms with van der Waals surface area (Å²) < 4.78 is 21.9. The molecule has 0 amide bonds. The summed E-state index contributed by atoms with van der Waals surface area (Å²) in [5.41, 5.74) is 4.05. The van der Waals surface area contributed by atoms with Crippen molar-refractivity contribution in [1.29, 1.82) is 0 Å². The molecule has 4 heterocycles.